The summed E-state index contributed by atoms with van der Waals surface area (Å²) in [4.78, 5) is 17.3. The second-order valence-electron chi connectivity index (χ2n) is 13.3. The van der Waals surface area contributed by atoms with Crippen LogP contribution in [-0.4, -0.2) is 84.3 Å². The maximum Gasteiger partial charge on any atom is 0.255 e. The fourth-order valence-electron chi connectivity index (χ4n) is 7.15. The number of amides is 1. The maximum absolute atomic E-state index is 14.6. The molecule has 252 valence electrons. The van der Waals surface area contributed by atoms with Crippen LogP contribution < -0.4 is 4.72 Å². The van der Waals surface area contributed by atoms with Gasteiger partial charge in [-0.05, 0) is 113 Å². The molecule has 1 atom stereocenters. The first-order valence-corrected chi connectivity index (χ1v) is 18.0. The SMILES string of the molecule is CCS(=O)(=O)NC1CCC(CN2CC[C@@H](Cc3cc(-c4ccc(F)cc4C(=O)N(CC(F)F)C(C)C)c4cnn(C)c4c3)C2)CC1. The molecule has 0 unspecified atom stereocenters. The third kappa shape index (κ3) is 8.12. The van der Waals surface area contributed by atoms with Gasteiger partial charge < -0.3 is 9.80 Å². The number of sulfonamides is 1. The number of halogens is 3. The van der Waals surface area contributed by atoms with Gasteiger partial charge in [0, 0.05) is 37.6 Å². The molecule has 2 aromatic carbocycles. The second kappa shape index (κ2) is 14.4. The standard InChI is InChI=1S/C34H46F3N5O3S/c1-5-46(44,45)39-27-9-6-23(7-10-27)19-41-13-12-24(20-41)14-25-15-29(31-18-38-40(4)32(31)16-25)28-11-8-26(35)17-30(28)34(43)42(22(2)3)21-33(36)37/h8,11,15-18,22-24,27,33,39H,5-7,9-10,12-14,19-21H2,1-4H3/t23?,24-,27?/m0/s1. The summed E-state index contributed by atoms with van der Waals surface area (Å²) in [6.07, 6.45) is 4.68. The number of carbonyl (C=O) groups excluding carboxylic acids is 1. The Kier molecular flexibility index (Phi) is 10.8. The van der Waals surface area contributed by atoms with Gasteiger partial charge in [-0.15, -0.1) is 0 Å². The van der Waals surface area contributed by atoms with Crippen LogP contribution in [0.5, 0.6) is 0 Å². The van der Waals surface area contributed by atoms with E-state index in [1.807, 2.05) is 13.1 Å². The molecule has 2 heterocycles. The summed E-state index contributed by atoms with van der Waals surface area (Å²) in [5, 5.41) is 5.27. The van der Waals surface area contributed by atoms with E-state index >= 15 is 0 Å². The molecule has 1 amide bonds. The van der Waals surface area contributed by atoms with E-state index in [1.54, 1.807) is 37.7 Å². The molecule has 1 saturated carbocycles. The number of benzene rings is 2. The Morgan fingerprint density at radius 3 is 2.48 bits per heavy atom. The van der Waals surface area contributed by atoms with E-state index in [0.29, 0.717) is 17.4 Å². The van der Waals surface area contributed by atoms with Crippen molar-refractivity contribution in [2.45, 2.75) is 77.8 Å². The van der Waals surface area contributed by atoms with Crippen molar-refractivity contribution in [1.82, 2.24) is 24.3 Å². The zero-order valence-corrected chi connectivity index (χ0v) is 28.0. The zero-order chi connectivity index (χ0) is 33.2. The number of nitrogens with zero attached hydrogens (tertiary/aromatic N) is 4. The third-order valence-corrected chi connectivity index (χ3v) is 11.1. The summed E-state index contributed by atoms with van der Waals surface area (Å²) in [6, 6.07) is 7.73. The van der Waals surface area contributed by atoms with Crippen LogP contribution in [0.25, 0.3) is 22.0 Å². The van der Waals surface area contributed by atoms with Crippen molar-refractivity contribution < 1.29 is 26.4 Å². The fourth-order valence-corrected chi connectivity index (χ4v) is 8.06. The Bertz CT molecular complexity index is 1640. The molecule has 12 heteroatoms. The van der Waals surface area contributed by atoms with Crippen LogP contribution in [0, 0.1) is 17.7 Å². The zero-order valence-electron chi connectivity index (χ0n) is 27.2. The molecule has 2 aliphatic rings. The van der Waals surface area contributed by atoms with Crippen molar-refractivity contribution in [3.63, 3.8) is 0 Å². The molecular formula is C34H46F3N5O3S. The van der Waals surface area contributed by atoms with E-state index in [4.69, 9.17) is 0 Å². The number of carbonyl (C=O) groups is 1. The number of rotatable bonds is 12. The summed E-state index contributed by atoms with van der Waals surface area (Å²) in [7, 11) is -1.32. The van der Waals surface area contributed by atoms with Crippen LogP contribution in [-0.2, 0) is 23.5 Å². The number of aryl methyl sites for hydroxylation is 1. The molecule has 8 nitrogen and oxygen atoms in total. The molecule has 1 saturated heterocycles. The van der Waals surface area contributed by atoms with Crippen LogP contribution in [0.2, 0.25) is 0 Å². The minimum atomic E-state index is -3.18. The van der Waals surface area contributed by atoms with E-state index in [1.165, 1.54) is 6.07 Å². The van der Waals surface area contributed by atoms with Crippen molar-refractivity contribution in [2.24, 2.45) is 18.9 Å². The summed E-state index contributed by atoms with van der Waals surface area (Å²) < 4.78 is 69.9. The first kappa shape index (κ1) is 34.4. The van der Waals surface area contributed by atoms with Gasteiger partial charge in [0.2, 0.25) is 10.0 Å². The van der Waals surface area contributed by atoms with Gasteiger partial charge in [-0.2, -0.15) is 5.10 Å². The van der Waals surface area contributed by atoms with Crippen molar-refractivity contribution >= 4 is 26.8 Å². The molecule has 46 heavy (non-hydrogen) atoms. The van der Waals surface area contributed by atoms with E-state index in [9.17, 15) is 26.4 Å². The third-order valence-electron chi connectivity index (χ3n) is 9.63. The normalized spacial score (nSPS) is 21.1. The van der Waals surface area contributed by atoms with Crippen LogP contribution in [0.1, 0.15) is 68.8 Å². The lowest BCUT2D eigenvalue weighted by molar-refractivity contribution is 0.0476. The highest BCUT2D eigenvalue weighted by Crippen LogP contribution is 2.35. The predicted molar refractivity (Wildman–Crippen MR) is 175 cm³/mol. The average Bonchev–Trinajstić information content (AvgIpc) is 3.61. The van der Waals surface area contributed by atoms with Crippen LogP contribution in [0.3, 0.4) is 0 Å². The number of hydrogen-bond acceptors (Lipinski definition) is 5. The Hall–Kier alpha value is -2.96. The Labute approximate surface area is 270 Å². The van der Waals surface area contributed by atoms with Crippen LogP contribution in [0.4, 0.5) is 13.2 Å². The van der Waals surface area contributed by atoms with E-state index in [2.05, 4.69) is 20.8 Å². The van der Waals surface area contributed by atoms with E-state index in [0.717, 1.165) is 91.2 Å². The molecule has 1 aliphatic carbocycles. The molecule has 5 rings (SSSR count). The van der Waals surface area contributed by atoms with Gasteiger partial charge in [0.05, 0.1) is 29.6 Å². The van der Waals surface area contributed by atoms with Crippen molar-refractivity contribution in [3.8, 4) is 11.1 Å². The second-order valence-corrected chi connectivity index (χ2v) is 15.4. The monoisotopic (exact) mass is 661 g/mol. The largest absolute Gasteiger partial charge is 0.330 e. The number of nitrogens with one attached hydrogen (secondary N) is 1. The lowest BCUT2D eigenvalue weighted by Gasteiger charge is -2.31. The van der Waals surface area contributed by atoms with Crippen molar-refractivity contribution in [1.29, 1.82) is 0 Å². The van der Waals surface area contributed by atoms with Crippen LogP contribution in [0.15, 0.2) is 36.5 Å². The molecule has 1 aliphatic heterocycles. The highest BCUT2D eigenvalue weighted by molar-refractivity contribution is 7.89. The van der Waals surface area contributed by atoms with Crippen molar-refractivity contribution in [2.75, 3.05) is 31.9 Å². The summed E-state index contributed by atoms with van der Waals surface area (Å²) in [5.41, 5.74) is 3.25. The van der Waals surface area contributed by atoms with Gasteiger partial charge in [0.1, 0.15) is 5.82 Å². The van der Waals surface area contributed by atoms with Gasteiger partial charge in [0.15, 0.2) is 0 Å². The van der Waals surface area contributed by atoms with Crippen LogP contribution >= 0.6 is 0 Å². The van der Waals surface area contributed by atoms with E-state index in [-0.39, 0.29) is 17.4 Å². The molecule has 0 radical (unpaired) electrons. The molecule has 0 bridgehead atoms. The Morgan fingerprint density at radius 1 is 1.07 bits per heavy atom. The number of fused-ring (bicyclic) bond motifs is 1. The number of hydrogen-bond donors (Lipinski definition) is 1. The summed E-state index contributed by atoms with van der Waals surface area (Å²) in [5.74, 6) is -0.131. The minimum Gasteiger partial charge on any atom is -0.330 e. The Balaban J connectivity index is 1.33. The molecule has 0 spiro atoms. The lowest BCUT2D eigenvalue weighted by Crippen LogP contribution is -2.40. The van der Waals surface area contributed by atoms with Gasteiger partial charge >= 0.3 is 0 Å². The Morgan fingerprint density at radius 2 is 1.80 bits per heavy atom. The first-order chi connectivity index (χ1) is 21.8. The predicted octanol–water partition coefficient (Wildman–Crippen LogP) is 5.86. The summed E-state index contributed by atoms with van der Waals surface area (Å²) in [6.45, 7) is 7.28. The van der Waals surface area contributed by atoms with Gasteiger partial charge in [0.25, 0.3) is 12.3 Å². The number of likely N-dealkylation sites (tertiary alicyclic amines) is 1. The average molecular weight is 662 g/mol. The molecular weight excluding hydrogens is 615 g/mol. The quantitative estimate of drug-likeness (QED) is 0.263. The lowest BCUT2D eigenvalue weighted by atomic mass is 9.86. The van der Waals surface area contributed by atoms with Gasteiger partial charge in [-0.3, -0.25) is 9.48 Å². The molecule has 1 aromatic heterocycles. The first-order valence-electron chi connectivity index (χ1n) is 16.4. The number of aromatic nitrogens is 2. The highest BCUT2D eigenvalue weighted by atomic mass is 32.2. The summed E-state index contributed by atoms with van der Waals surface area (Å²) >= 11 is 0. The smallest absolute Gasteiger partial charge is 0.255 e. The van der Waals surface area contributed by atoms with Gasteiger partial charge in [-0.1, -0.05) is 12.1 Å². The van der Waals surface area contributed by atoms with Gasteiger partial charge in [-0.25, -0.2) is 26.3 Å². The van der Waals surface area contributed by atoms with Crippen molar-refractivity contribution in [3.05, 3.63) is 53.5 Å². The number of alkyl halides is 2. The fraction of sp³-hybridized carbons (Fsp3) is 0.588. The maximum atomic E-state index is 14.6. The molecule has 1 N–H and O–H groups in total. The topological polar surface area (TPSA) is 87.5 Å². The molecule has 2 fully saturated rings. The molecule has 3 aromatic rings. The minimum absolute atomic E-state index is 0.0401. The van der Waals surface area contributed by atoms with E-state index < -0.39 is 40.8 Å². The highest BCUT2D eigenvalue weighted by Gasteiger charge is 2.30.